The van der Waals surface area contributed by atoms with E-state index in [9.17, 15) is 9.59 Å². The molecule has 2 aliphatic heterocycles. The molecule has 124 valence electrons. The minimum Gasteiger partial charge on any atom is -0.493 e. The smallest absolute Gasteiger partial charge is 0.230 e. The molecule has 1 spiro atoms. The number of hydrogen-bond acceptors (Lipinski definition) is 3. The van der Waals surface area contributed by atoms with Crippen molar-refractivity contribution in [1.29, 1.82) is 0 Å². The van der Waals surface area contributed by atoms with Crippen molar-refractivity contribution in [3.8, 4) is 5.75 Å². The molecule has 3 rings (SSSR count). The molecule has 0 bridgehead atoms. The Hall–Kier alpha value is -2.04. The number of hydrogen-bond donors (Lipinski definition) is 0. The van der Waals surface area contributed by atoms with E-state index in [0.717, 1.165) is 31.6 Å². The van der Waals surface area contributed by atoms with Crippen molar-refractivity contribution < 1.29 is 14.3 Å². The molecule has 23 heavy (non-hydrogen) atoms. The third kappa shape index (κ3) is 3.33. The highest BCUT2D eigenvalue weighted by Gasteiger charge is 2.48. The Bertz CT molecular complexity index is 575. The monoisotopic (exact) mass is 316 g/mol. The Kier molecular flexibility index (Phi) is 4.55. The van der Waals surface area contributed by atoms with Crippen LogP contribution in [-0.2, 0) is 9.59 Å². The fourth-order valence-electron chi connectivity index (χ4n) is 3.66. The van der Waals surface area contributed by atoms with Gasteiger partial charge in [0.25, 0.3) is 0 Å². The molecule has 0 aliphatic carbocycles. The van der Waals surface area contributed by atoms with Crippen LogP contribution in [0.3, 0.4) is 0 Å². The number of likely N-dealkylation sites (tertiary alicyclic amines) is 2. The molecule has 2 aliphatic rings. The Morgan fingerprint density at radius 2 is 2.00 bits per heavy atom. The molecule has 1 aromatic carbocycles. The first-order valence-corrected chi connectivity index (χ1v) is 8.32. The highest BCUT2D eigenvalue weighted by Crippen LogP contribution is 2.39. The number of benzene rings is 1. The Morgan fingerprint density at radius 1 is 1.22 bits per heavy atom. The van der Waals surface area contributed by atoms with Crippen LogP contribution < -0.4 is 4.74 Å². The molecule has 2 fully saturated rings. The molecule has 2 heterocycles. The number of carbonyl (C=O) groups is 2. The largest absolute Gasteiger partial charge is 0.493 e. The minimum absolute atomic E-state index is 0.0823. The molecule has 1 unspecified atom stereocenters. The van der Waals surface area contributed by atoms with Gasteiger partial charge in [0.15, 0.2) is 0 Å². The quantitative estimate of drug-likeness (QED) is 0.853. The van der Waals surface area contributed by atoms with Crippen LogP contribution in [0.4, 0.5) is 0 Å². The van der Waals surface area contributed by atoms with Gasteiger partial charge in [0, 0.05) is 26.7 Å². The van der Waals surface area contributed by atoms with Crippen molar-refractivity contribution >= 4 is 11.8 Å². The van der Waals surface area contributed by atoms with Crippen molar-refractivity contribution in [1.82, 2.24) is 9.80 Å². The van der Waals surface area contributed by atoms with Crippen LogP contribution in [0.1, 0.15) is 25.7 Å². The van der Waals surface area contributed by atoms with Gasteiger partial charge in [0.2, 0.25) is 11.8 Å². The maximum Gasteiger partial charge on any atom is 0.230 e. The number of rotatable bonds is 4. The third-order valence-electron chi connectivity index (χ3n) is 4.98. The number of ether oxygens (including phenoxy) is 1. The number of nitrogens with zero attached hydrogens (tertiary/aromatic N) is 2. The van der Waals surface area contributed by atoms with Crippen LogP contribution in [0.2, 0.25) is 0 Å². The predicted octanol–water partition coefficient (Wildman–Crippen LogP) is 1.93. The van der Waals surface area contributed by atoms with Crippen molar-refractivity contribution in [3.05, 3.63) is 30.3 Å². The lowest BCUT2D eigenvalue weighted by molar-refractivity contribution is -0.144. The minimum atomic E-state index is -0.330. The predicted molar refractivity (Wildman–Crippen MR) is 87.1 cm³/mol. The van der Waals surface area contributed by atoms with E-state index < -0.39 is 0 Å². The summed E-state index contributed by atoms with van der Waals surface area (Å²) in [4.78, 5) is 28.5. The van der Waals surface area contributed by atoms with Crippen molar-refractivity contribution in [2.24, 2.45) is 5.41 Å². The van der Waals surface area contributed by atoms with Crippen LogP contribution in [0.15, 0.2) is 30.3 Å². The highest BCUT2D eigenvalue weighted by atomic mass is 16.5. The van der Waals surface area contributed by atoms with Crippen molar-refractivity contribution in [2.45, 2.75) is 25.7 Å². The van der Waals surface area contributed by atoms with Crippen LogP contribution in [0, 0.1) is 5.41 Å². The molecule has 0 saturated carbocycles. The molecule has 2 saturated heterocycles. The van der Waals surface area contributed by atoms with E-state index in [2.05, 4.69) is 0 Å². The average molecular weight is 316 g/mol. The van der Waals surface area contributed by atoms with E-state index in [-0.39, 0.29) is 17.2 Å². The Morgan fingerprint density at radius 3 is 2.78 bits per heavy atom. The fraction of sp³-hybridized carbons (Fsp3) is 0.556. The molecule has 0 aromatic heterocycles. The molecule has 2 amide bonds. The van der Waals surface area contributed by atoms with Gasteiger partial charge in [-0.25, -0.2) is 0 Å². The van der Waals surface area contributed by atoms with E-state index in [0.29, 0.717) is 26.1 Å². The van der Waals surface area contributed by atoms with Gasteiger partial charge in [-0.2, -0.15) is 0 Å². The molecule has 0 N–H and O–H groups in total. The summed E-state index contributed by atoms with van der Waals surface area (Å²) in [7, 11) is 1.86. The first-order chi connectivity index (χ1) is 11.1. The van der Waals surface area contributed by atoms with E-state index >= 15 is 0 Å². The lowest BCUT2D eigenvalue weighted by Gasteiger charge is -2.37. The van der Waals surface area contributed by atoms with Crippen LogP contribution in [0.5, 0.6) is 5.75 Å². The topological polar surface area (TPSA) is 49.9 Å². The van der Waals surface area contributed by atoms with Crippen molar-refractivity contribution in [3.63, 3.8) is 0 Å². The van der Waals surface area contributed by atoms with Gasteiger partial charge in [-0.05, 0) is 31.4 Å². The second-order valence-electron chi connectivity index (χ2n) is 6.59. The van der Waals surface area contributed by atoms with E-state index in [1.165, 1.54) is 0 Å². The van der Waals surface area contributed by atoms with Gasteiger partial charge in [-0.3, -0.25) is 9.59 Å². The lowest BCUT2D eigenvalue weighted by Crippen LogP contribution is -2.48. The van der Waals surface area contributed by atoms with Gasteiger partial charge in [0.1, 0.15) is 5.75 Å². The molecule has 0 radical (unpaired) electrons. The Balaban J connectivity index is 1.50. The lowest BCUT2D eigenvalue weighted by atomic mass is 9.78. The summed E-state index contributed by atoms with van der Waals surface area (Å²) in [6.07, 6.45) is 3.08. The molecular weight excluding hydrogens is 292 g/mol. The SMILES string of the molecule is CN1CCCC2(CCN(C(=O)CCOc3ccccc3)C2)C1=O. The first kappa shape index (κ1) is 15.8. The van der Waals surface area contributed by atoms with Gasteiger partial charge in [-0.15, -0.1) is 0 Å². The normalized spacial score (nSPS) is 24.3. The van der Waals surface area contributed by atoms with Gasteiger partial charge >= 0.3 is 0 Å². The fourth-order valence-corrected chi connectivity index (χ4v) is 3.66. The second kappa shape index (κ2) is 6.60. The zero-order valence-electron chi connectivity index (χ0n) is 13.7. The summed E-state index contributed by atoms with van der Waals surface area (Å²) in [5.41, 5.74) is -0.330. The summed E-state index contributed by atoms with van der Waals surface area (Å²) >= 11 is 0. The maximum absolute atomic E-state index is 12.5. The van der Waals surface area contributed by atoms with E-state index in [1.807, 2.05) is 47.2 Å². The van der Waals surface area contributed by atoms with Crippen LogP contribution in [-0.4, -0.2) is 54.9 Å². The van der Waals surface area contributed by atoms with E-state index in [4.69, 9.17) is 4.74 Å². The molecular formula is C18H24N2O3. The average Bonchev–Trinajstić information content (AvgIpc) is 2.99. The zero-order valence-corrected chi connectivity index (χ0v) is 13.7. The molecule has 5 nitrogen and oxygen atoms in total. The maximum atomic E-state index is 12.5. The standard InChI is InChI=1S/C18H24N2O3/c1-19-11-5-9-18(17(19)22)10-12-20(14-18)16(21)8-13-23-15-6-3-2-4-7-15/h2-4,6-7H,5,8-14H2,1H3. The van der Waals surface area contributed by atoms with Gasteiger partial charge in [-0.1, -0.05) is 18.2 Å². The van der Waals surface area contributed by atoms with Gasteiger partial charge in [0.05, 0.1) is 18.4 Å². The van der Waals surface area contributed by atoms with E-state index in [1.54, 1.807) is 0 Å². The van der Waals surface area contributed by atoms with Crippen LogP contribution >= 0.6 is 0 Å². The molecule has 1 atom stereocenters. The van der Waals surface area contributed by atoms with Gasteiger partial charge < -0.3 is 14.5 Å². The second-order valence-corrected chi connectivity index (χ2v) is 6.59. The summed E-state index contributed by atoms with van der Waals surface area (Å²) in [6, 6.07) is 9.51. The van der Waals surface area contributed by atoms with Crippen LogP contribution in [0.25, 0.3) is 0 Å². The zero-order chi connectivity index (χ0) is 16.3. The number of para-hydroxylation sites is 1. The summed E-state index contributed by atoms with van der Waals surface area (Å²) < 4.78 is 5.59. The van der Waals surface area contributed by atoms with Crippen molar-refractivity contribution in [2.75, 3.05) is 33.3 Å². The summed E-state index contributed by atoms with van der Waals surface area (Å²) in [5, 5.41) is 0. The molecule has 5 heteroatoms. The number of carbonyl (C=O) groups excluding carboxylic acids is 2. The highest BCUT2D eigenvalue weighted by molar-refractivity contribution is 5.86. The summed E-state index contributed by atoms with van der Waals surface area (Å²) in [5.74, 6) is 1.07. The summed E-state index contributed by atoms with van der Waals surface area (Å²) in [6.45, 7) is 2.46. The molecule has 1 aromatic rings. The number of amides is 2. The first-order valence-electron chi connectivity index (χ1n) is 8.32. The third-order valence-corrected chi connectivity index (χ3v) is 4.98. The number of piperidine rings is 1. The Labute approximate surface area is 137 Å².